The molecule has 6 heteroatoms. The van der Waals surface area contributed by atoms with Gasteiger partial charge in [0.05, 0.1) is 6.61 Å². The first-order valence-electron chi connectivity index (χ1n) is 5.28. The summed E-state index contributed by atoms with van der Waals surface area (Å²) in [5, 5.41) is 18.4. The van der Waals surface area contributed by atoms with Crippen molar-refractivity contribution in [2.45, 2.75) is 43.1 Å². The van der Waals surface area contributed by atoms with E-state index in [-0.39, 0.29) is 6.61 Å². The van der Waals surface area contributed by atoms with Crippen LogP contribution in [0.4, 0.5) is 0 Å². The molecular weight excluding hydrogens is 224 g/mol. The van der Waals surface area contributed by atoms with Gasteiger partial charge in [-0.1, -0.05) is 18.7 Å². The van der Waals surface area contributed by atoms with Crippen LogP contribution >= 0.6 is 11.8 Å². The first-order valence-corrected chi connectivity index (χ1v) is 6.16. The van der Waals surface area contributed by atoms with Gasteiger partial charge < -0.3 is 15.4 Å². The lowest BCUT2D eigenvalue weighted by Gasteiger charge is -2.24. The highest BCUT2D eigenvalue weighted by Gasteiger charge is 2.22. The standard InChI is InChI=1S/C10H20N4OS/c1-7(5-10(3,11)6-15)16-9-13-12-8(2)14(9)4/h7,15H,5-6,11H2,1-4H3. The second-order valence-corrected chi connectivity index (χ2v) is 5.94. The number of aryl methyl sites for hydroxylation is 1. The minimum absolute atomic E-state index is 0.00422. The third kappa shape index (κ3) is 3.47. The fraction of sp³-hybridized carbons (Fsp3) is 0.800. The van der Waals surface area contributed by atoms with E-state index in [2.05, 4.69) is 17.1 Å². The summed E-state index contributed by atoms with van der Waals surface area (Å²) in [6, 6.07) is 0. The Hall–Kier alpha value is -0.590. The SMILES string of the molecule is Cc1nnc(SC(C)CC(C)(N)CO)n1C. The van der Waals surface area contributed by atoms with Gasteiger partial charge in [0.15, 0.2) is 5.16 Å². The van der Waals surface area contributed by atoms with Crippen molar-refractivity contribution in [3.8, 4) is 0 Å². The average Bonchev–Trinajstić information content (AvgIpc) is 2.49. The molecule has 1 heterocycles. The highest BCUT2D eigenvalue weighted by Crippen LogP contribution is 2.26. The number of aliphatic hydroxyl groups excluding tert-OH is 1. The molecule has 0 aliphatic heterocycles. The lowest BCUT2D eigenvalue weighted by molar-refractivity contribution is 0.201. The molecule has 0 aromatic carbocycles. The maximum absolute atomic E-state index is 9.10. The van der Waals surface area contributed by atoms with E-state index in [0.29, 0.717) is 5.25 Å². The van der Waals surface area contributed by atoms with Crippen LogP contribution in [-0.2, 0) is 7.05 Å². The summed E-state index contributed by atoms with van der Waals surface area (Å²) in [6.07, 6.45) is 0.736. The fourth-order valence-corrected chi connectivity index (χ4v) is 2.64. The molecule has 2 unspecified atom stereocenters. The van der Waals surface area contributed by atoms with Gasteiger partial charge in [-0.05, 0) is 20.3 Å². The zero-order valence-corrected chi connectivity index (χ0v) is 11.1. The van der Waals surface area contributed by atoms with Crippen LogP contribution < -0.4 is 5.73 Å². The molecule has 1 aromatic rings. The molecule has 0 radical (unpaired) electrons. The van der Waals surface area contributed by atoms with Crippen molar-refractivity contribution in [1.29, 1.82) is 0 Å². The van der Waals surface area contributed by atoms with Gasteiger partial charge in [-0.15, -0.1) is 10.2 Å². The number of nitrogens with zero attached hydrogens (tertiary/aromatic N) is 3. The predicted molar refractivity (Wildman–Crippen MR) is 65.4 cm³/mol. The van der Waals surface area contributed by atoms with E-state index in [1.165, 1.54) is 0 Å². The Morgan fingerprint density at radius 1 is 1.56 bits per heavy atom. The minimum atomic E-state index is -0.528. The Labute approximate surface area is 100 Å². The number of hydrogen-bond donors (Lipinski definition) is 2. The molecule has 16 heavy (non-hydrogen) atoms. The van der Waals surface area contributed by atoms with Crippen LogP contribution in [0.1, 0.15) is 26.1 Å². The normalized spacial score (nSPS) is 17.1. The maximum Gasteiger partial charge on any atom is 0.191 e. The topological polar surface area (TPSA) is 77.0 Å². The second-order valence-electron chi connectivity index (χ2n) is 4.53. The van der Waals surface area contributed by atoms with E-state index in [1.54, 1.807) is 11.8 Å². The Balaban J connectivity index is 2.58. The summed E-state index contributed by atoms with van der Waals surface area (Å²) < 4.78 is 1.95. The summed E-state index contributed by atoms with van der Waals surface area (Å²) >= 11 is 1.63. The maximum atomic E-state index is 9.10. The molecule has 0 spiro atoms. The van der Waals surface area contributed by atoms with E-state index >= 15 is 0 Å². The summed E-state index contributed by atoms with van der Waals surface area (Å²) in [6.45, 7) is 5.85. The molecule has 0 bridgehead atoms. The molecule has 0 saturated heterocycles. The number of thioether (sulfide) groups is 1. The van der Waals surface area contributed by atoms with Crippen LogP contribution in [0.15, 0.2) is 5.16 Å². The smallest absolute Gasteiger partial charge is 0.191 e. The Kier molecular flexibility index (Phi) is 4.35. The van der Waals surface area contributed by atoms with Crippen molar-refractivity contribution < 1.29 is 5.11 Å². The fourth-order valence-electron chi connectivity index (χ4n) is 1.43. The third-order valence-corrected chi connectivity index (χ3v) is 3.61. The van der Waals surface area contributed by atoms with Crippen molar-refractivity contribution in [3.05, 3.63) is 5.82 Å². The van der Waals surface area contributed by atoms with Gasteiger partial charge in [-0.3, -0.25) is 0 Å². The van der Waals surface area contributed by atoms with E-state index in [9.17, 15) is 0 Å². The van der Waals surface area contributed by atoms with Crippen LogP contribution in [0.3, 0.4) is 0 Å². The Morgan fingerprint density at radius 2 is 2.19 bits per heavy atom. The lowest BCUT2D eigenvalue weighted by atomic mass is 9.99. The largest absolute Gasteiger partial charge is 0.394 e. The molecule has 1 rings (SSSR count). The van der Waals surface area contributed by atoms with Gasteiger partial charge in [0, 0.05) is 17.8 Å². The molecule has 0 amide bonds. The molecular formula is C10H20N4OS. The predicted octanol–water partition coefficient (Wildman–Crippen LogP) is 0.704. The lowest BCUT2D eigenvalue weighted by Crippen LogP contribution is -2.42. The summed E-state index contributed by atoms with van der Waals surface area (Å²) in [7, 11) is 1.94. The average molecular weight is 244 g/mol. The summed E-state index contributed by atoms with van der Waals surface area (Å²) in [5.74, 6) is 0.896. The summed E-state index contributed by atoms with van der Waals surface area (Å²) in [4.78, 5) is 0. The van der Waals surface area contributed by atoms with Gasteiger partial charge in [0.2, 0.25) is 0 Å². The third-order valence-electron chi connectivity index (χ3n) is 2.47. The quantitative estimate of drug-likeness (QED) is 0.746. The van der Waals surface area contributed by atoms with Gasteiger partial charge in [-0.25, -0.2) is 0 Å². The monoisotopic (exact) mass is 244 g/mol. The van der Waals surface area contributed by atoms with Crippen LogP contribution in [0.25, 0.3) is 0 Å². The second kappa shape index (κ2) is 5.16. The molecule has 2 atom stereocenters. The molecule has 5 nitrogen and oxygen atoms in total. The van der Waals surface area contributed by atoms with Crippen molar-refractivity contribution >= 4 is 11.8 Å². The number of rotatable bonds is 5. The van der Waals surface area contributed by atoms with Crippen LogP contribution in [0.2, 0.25) is 0 Å². The molecule has 0 aliphatic carbocycles. The summed E-state index contributed by atoms with van der Waals surface area (Å²) in [5.41, 5.74) is 5.38. The van der Waals surface area contributed by atoms with Gasteiger partial charge in [0.25, 0.3) is 0 Å². The first kappa shape index (κ1) is 13.5. The van der Waals surface area contributed by atoms with Crippen molar-refractivity contribution in [1.82, 2.24) is 14.8 Å². The molecule has 0 aliphatic rings. The van der Waals surface area contributed by atoms with E-state index in [1.807, 2.05) is 25.5 Å². The highest BCUT2D eigenvalue weighted by molar-refractivity contribution is 7.99. The number of nitrogens with two attached hydrogens (primary N) is 1. The number of aromatic nitrogens is 3. The molecule has 0 fully saturated rings. The van der Waals surface area contributed by atoms with Crippen LogP contribution in [0, 0.1) is 6.92 Å². The Bertz CT molecular complexity index is 351. The van der Waals surface area contributed by atoms with Crippen LogP contribution in [-0.4, -0.2) is 37.3 Å². The number of aliphatic hydroxyl groups is 1. The Morgan fingerprint density at radius 3 is 2.62 bits per heavy atom. The van der Waals surface area contributed by atoms with Gasteiger partial charge in [0.1, 0.15) is 5.82 Å². The van der Waals surface area contributed by atoms with E-state index < -0.39 is 5.54 Å². The molecule has 92 valence electrons. The van der Waals surface area contributed by atoms with Crippen molar-refractivity contribution in [2.75, 3.05) is 6.61 Å². The zero-order chi connectivity index (χ0) is 12.3. The minimum Gasteiger partial charge on any atom is -0.394 e. The molecule has 3 N–H and O–H groups in total. The zero-order valence-electron chi connectivity index (χ0n) is 10.3. The van der Waals surface area contributed by atoms with Crippen molar-refractivity contribution in [2.24, 2.45) is 12.8 Å². The molecule has 1 aromatic heterocycles. The van der Waals surface area contributed by atoms with E-state index in [0.717, 1.165) is 17.4 Å². The van der Waals surface area contributed by atoms with Crippen molar-refractivity contribution in [3.63, 3.8) is 0 Å². The highest BCUT2D eigenvalue weighted by atomic mass is 32.2. The van der Waals surface area contributed by atoms with E-state index in [4.69, 9.17) is 10.8 Å². The van der Waals surface area contributed by atoms with Gasteiger partial charge >= 0.3 is 0 Å². The number of hydrogen-bond acceptors (Lipinski definition) is 5. The molecule has 0 saturated carbocycles. The van der Waals surface area contributed by atoms with Crippen LogP contribution in [0.5, 0.6) is 0 Å². The first-order chi connectivity index (χ1) is 7.35. The van der Waals surface area contributed by atoms with Gasteiger partial charge in [-0.2, -0.15) is 0 Å².